The Morgan fingerprint density at radius 3 is 2.64 bits per heavy atom. The molecule has 5 rings (SSSR count). The van der Waals surface area contributed by atoms with Crippen LogP contribution in [-0.4, -0.2) is 34.9 Å². The van der Waals surface area contributed by atoms with Gasteiger partial charge in [0.15, 0.2) is 5.69 Å². The van der Waals surface area contributed by atoms with Gasteiger partial charge in [0, 0.05) is 12.6 Å². The van der Waals surface area contributed by atoms with E-state index in [0.717, 1.165) is 36.1 Å². The van der Waals surface area contributed by atoms with Gasteiger partial charge in [0.25, 0.3) is 5.91 Å². The Balaban J connectivity index is 1.36. The predicted octanol–water partition coefficient (Wildman–Crippen LogP) is 6.25. The first-order valence-electron chi connectivity index (χ1n) is 14.8. The van der Waals surface area contributed by atoms with Crippen molar-refractivity contribution in [3.8, 4) is 11.8 Å². The van der Waals surface area contributed by atoms with E-state index < -0.39 is 17.8 Å². The van der Waals surface area contributed by atoms with Crippen molar-refractivity contribution in [3.05, 3.63) is 113 Å². The summed E-state index contributed by atoms with van der Waals surface area (Å²) in [7, 11) is 0. The van der Waals surface area contributed by atoms with E-state index in [-0.39, 0.29) is 29.7 Å². The number of nitrogens with zero attached hydrogens (tertiary/aromatic N) is 3. The molecule has 1 unspecified atom stereocenters. The summed E-state index contributed by atoms with van der Waals surface area (Å²) >= 11 is 0. The molecule has 3 N–H and O–H groups in total. The van der Waals surface area contributed by atoms with Crippen LogP contribution in [0.1, 0.15) is 71.5 Å². The average Bonchev–Trinajstić information content (AvgIpc) is 3.77. The Morgan fingerprint density at radius 2 is 1.89 bits per heavy atom. The molecule has 9 nitrogen and oxygen atoms in total. The van der Waals surface area contributed by atoms with Gasteiger partial charge in [-0.3, -0.25) is 4.79 Å². The molecular weight excluding hydrogens is 559 g/mol. The number of amides is 2. The highest BCUT2D eigenvalue weighted by atomic mass is 19.1. The van der Waals surface area contributed by atoms with E-state index in [1.807, 2.05) is 49.4 Å². The van der Waals surface area contributed by atoms with E-state index in [4.69, 9.17) is 4.74 Å². The van der Waals surface area contributed by atoms with Crippen LogP contribution in [0.2, 0.25) is 0 Å². The molecule has 1 aliphatic carbocycles. The average molecular weight is 595 g/mol. The van der Waals surface area contributed by atoms with Crippen molar-refractivity contribution in [1.82, 2.24) is 20.4 Å². The van der Waals surface area contributed by atoms with Crippen LogP contribution in [0.15, 0.2) is 78.9 Å². The fraction of sp³-hybridized carbons (Fsp3) is 0.294. The standard InChI is InChI=1S/C34H35FN6O3/c1-2-3-16-44-34(43)38-22-24-8-7-11-28(17-24)41-31(19-27(20-36)40-41)33(42)39-30-18-26(14-15-29(30)35)32(37-21-23-12-13-23)25-9-5-4-6-10-25/h4-11,14-15,17-19,23,32,37H,2-3,12-13,16,21-22H2,1H3,(H,38,43)(H,39,42). The van der Waals surface area contributed by atoms with E-state index in [1.165, 1.54) is 29.7 Å². The lowest BCUT2D eigenvalue weighted by Gasteiger charge is -2.21. The molecule has 0 spiro atoms. The molecule has 10 heteroatoms. The molecule has 1 heterocycles. The molecule has 1 fully saturated rings. The Bertz CT molecular complexity index is 1640. The zero-order chi connectivity index (χ0) is 30.9. The van der Waals surface area contributed by atoms with Gasteiger partial charge < -0.3 is 20.7 Å². The number of carbonyl (C=O) groups is 2. The third-order valence-corrected chi connectivity index (χ3v) is 7.39. The largest absolute Gasteiger partial charge is 0.450 e. The third kappa shape index (κ3) is 7.88. The minimum absolute atomic E-state index is 0.0208. The number of nitrogens with one attached hydrogen (secondary N) is 3. The van der Waals surface area contributed by atoms with Gasteiger partial charge in [-0.05, 0) is 72.7 Å². The van der Waals surface area contributed by atoms with E-state index in [9.17, 15) is 14.9 Å². The zero-order valence-electron chi connectivity index (χ0n) is 24.6. The molecule has 226 valence electrons. The number of carbonyl (C=O) groups excluding carboxylic acids is 2. The van der Waals surface area contributed by atoms with Crippen LogP contribution in [0.4, 0.5) is 14.9 Å². The molecule has 0 aliphatic heterocycles. The van der Waals surface area contributed by atoms with Crippen LogP contribution in [0.25, 0.3) is 5.69 Å². The van der Waals surface area contributed by atoms with Gasteiger partial charge in [0.1, 0.15) is 17.6 Å². The highest BCUT2D eigenvalue weighted by molar-refractivity contribution is 6.03. The maximum atomic E-state index is 15.1. The lowest BCUT2D eigenvalue weighted by molar-refractivity contribution is 0.101. The summed E-state index contributed by atoms with van der Waals surface area (Å²) in [6, 6.07) is 24.8. The Kier molecular flexibility index (Phi) is 10.00. The molecule has 1 saturated carbocycles. The summed E-state index contributed by atoms with van der Waals surface area (Å²) in [5.74, 6) is -0.564. The van der Waals surface area contributed by atoms with Crippen molar-refractivity contribution < 1.29 is 18.7 Å². The molecule has 2 amide bonds. The summed E-state index contributed by atoms with van der Waals surface area (Å²) in [6.45, 7) is 3.40. The van der Waals surface area contributed by atoms with Crippen LogP contribution in [0.3, 0.4) is 0 Å². The first-order chi connectivity index (χ1) is 21.4. The Hall–Kier alpha value is -5.01. The van der Waals surface area contributed by atoms with Crippen molar-refractivity contribution in [2.75, 3.05) is 18.5 Å². The van der Waals surface area contributed by atoms with Gasteiger partial charge in [-0.1, -0.05) is 61.9 Å². The molecule has 4 aromatic rings. The molecule has 0 saturated heterocycles. The summed E-state index contributed by atoms with van der Waals surface area (Å²) in [5, 5.41) is 22.8. The van der Waals surface area contributed by atoms with Gasteiger partial charge >= 0.3 is 6.09 Å². The number of ether oxygens (including phenoxy) is 1. The molecule has 0 radical (unpaired) electrons. The van der Waals surface area contributed by atoms with Crippen LogP contribution in [0, 0.1) is 23.1 Å². The van der Waals surface area contributed by atoms with E-state index in [2.05, 4.69) is 21.0 Å². The predicted molar refractivity (Wildman–Crippen MR) is 165 cm³/mol. The summed E-state index contributed by atoms with van der Waals surface area (Å²) in [6.07, 6.45) is 3.58. The molecule has 1 atom stereocenters. The molecule has 1 aromatic heterocycles. The maximum Gasteiger partial charge on any atom is 0.407 e. The first kappa shape index (κ1) is 30.4. The molecule has 44 heavy (non-hydrogen) atoms. The normalized spacial score (nSPS) is 13.1. The van der Waals surface area contributed by atoms with Crippen molar-refractivity contribution in [3.63, 3.8) is 0 Å². The van der Waals surface area contributed by atoms with Crippen LogP contribution >= 0.6 is 0 Å². The second-order valence-corrected chi connectivity index (χ2v) is 10.8. The van der Waals surface area contributed by atoms with Gasteiger partial charge in [0.2, 0.25) is 0 Å². The number of anilines is 1. The topological polar surface area (TPSA) is 121 Å². The maximum absolute atomic E-state index is 15.1. The number of alkyl carbamates (subject to hydrolysis) is 1. The number of aromatic nitrogens is 2. The molecular formula is C34H35FN6O3. The number of halogens is 1. The number of hydrogen-bond acceptors (Lipinski definition) is 6. The fourth-order valence-electron chi connectivity index (χ4n) is 4.81. The quantitative estimate of drug-likeness (QED) is 0.157. The van der Waals surface area contributed by atoms with Crippen molar-refractivity contribution >= 4 is 17.7 Å². The minimum atomic E-state index is -0.625. The number of unbranched alkanes of at least 4 members (excludes halogenated alkanes) is 1. The fourth-order valence-corrected chi connectivity index (χ4v) is 4.81. The van der Waals surface area contributed by atoms with E-state index in [1.54, 1.807) is 30.3 Å². The summed E-state index contributed by atoms with van der Waals surface area (Å²) in [5.41, 5.74) is 3.19. The Morgan fingerprint density at radius 1 is 1.07 bits per heavy atom. The zero-order valence-corrected chi connectivity index (χ0v) is 24.6. The van der Waals surface area contributed by atoms with Crippen molar-refractivity contribution in [2.24, 2.45) is 5.92 Å². The lowest BCUT2D eigenvalue weighted by Crippen LogP contribution is -2.25. The van der Waals surface area contributed by atoms with E-state index >= 15 is 4.39 Å². The highest BCUT2D eigenvalue weighted by Crippen LogP contribution is 2.31. The SMILES string of the molecule is CCCCOC(=O)NCc1cccc(-n2nc(C#N)cc2C(=O)Nc2cc(C(NCC3CC3)c3ccccc3)ccc2F)c1. The first-order valence-corrected chi connectivity index (χ1v) is 14.8. The number of hydrogen-bond donors (Lipinski definition) is 3. The van der Waals surface area contributed by atoms with Crippen molar-refractivity contribution in [2.45, 2.75) is 45.2 Å². The van der Waals surface area contributed by atoms with Gasteiger partial charge in [0.05, 0.1) is 24.0 Å². The lowest BCUT2D eigenvalue weighted by atomic mass is 9.97. The second-order valence-electron chi connectivity index (χ2n) is 10.8. The van der Waals surface area contributed by atoms with Crippen LogP contribution < -0.4 is 16.0 Å². The minimum Gasteiger partial charge on any atom is -0.450 e. The highest BCUT2D eigenvalue weighted by Gasteiger charge is 2.24. The number of benzene rings is 3. The van der Waals surface area contributed by atoms with E-state index in [0.29, 0.717) is 18.2 Å². The monoisotopic (exact) mass is 594 g/mol. The summed E-state index contributed by atoms with van der Waals surface area (Å²) < 4.78 is 21.6. The summed E-state index contributed by atoms with van der Waals surface area (Å²) in [4.78, 5) is 25.5. The van der Waals surface area contributed by atoms with Crippen molar-refractivity contribution in [1.29, 1.82) is 5.26 Å². The van der Waals surface area contributed by atoms with Crippen LogP contribution in [-0.2, 0) is 11.3 Å². The number of nitriles is 1. The molecule has 0 bridgehead atoms. The number of rotatable bonds is 13. The third-order valence-electron chi connectivity index (χ3n) is 7.39. The van der Waals surface area contributed by atoms with Gasteiger partial charge in [-0.2, -0.15) is 10.4 Å². The van der Waals surface area contributed by atoms with Crippen LogP contribution in [0.5, 0.6) is 0 Å². The Labute approximate surface area is 256 Å². The van der Waals surface area contributed by atoms with Gasteiger partial charge in [-0.15, -0.1) is 0 Å². The molecule has 1 aliphatic rings. The smallest absolute Gasteiger partial charge is 0.407 e. The molecule has 3 aromatic carbocycles. The van der Waals surface area contributed by atoms with Gasteiger partial charge in [-0.25, -0.2) is 13.9 Å². The second kappa shape index (κ2) is 14.4.